The van der Waals surface area contributed by atoms with Crippen LogP contribution in [0.5, 0.6) is 0 Å². The number of rotatable bonds is 4. The second kappa shape index (κ2) is 7.54. The number of likely N-dealkylation sites (tertiary alicyclic amines) is 1. The standard InChI is InChI=1S/C18H25N3O3S/c1-12(2)21-11-15(10-19)17(9-14(21)4)18(22)20-25(23,24)16-7-5-6-13(3)8-16/h5-8,12,14-15,17H,9,11H2,1-4H3,(H,20,22). The van der Waals surface area contributed by atoms with Gasteiger partial charge in [-0.2, -0.15) is 5.26 Å². The number of hydrogen-bond donors (Lipinski definition) is 1. The first-order valence-electron chi connectivity index (χ1n) is 8.44. The molecule has 0 aliphatic carbocycles. The SMILES string of the molecule is Cc1cccc(S(=O)(=O)NC(=O)C2CC(C)N(C(C)C)CC2C#N)c1. The molecule has 1 heterocycles. The zero-order valence-electron chi connectivity index (χ0n) is 15.1. The third kappa shape index (κ3) is 4.39. The number of benzene rings is 1. The number of nitrogens with one attached hydrogen (secondary N) is 1. The van der Waals surface area contributed by atoms with E-state index in [4.69, 9.17) is 0 Å². The van der Waals surface area contributed by atoms with Crippen molar-refractivity contribution in [1.82, 2.24) is 9.62 Å². The van der Waals surface area contributed by atoms with Crippen LogP contribution in [0, 0.1) is 30.1 Å². The Morgan fingerprint density at radius 2 is 2.08 bits per heavy atom. The van der Waals surface area contributed by atoms with Gasteiger partial charge in [0.2, 0.25) is 5.91 Å². The van der Waals surface area contributed by atoms with E-state index < -0.39 is 27.8 Å². The van der Waals surface area contributed by atoms with Gasteiger partial charge in [0.1, 0.15) is 0 Å². The third-order valence-electron chi connectivity index (χ3n) is 4.76. The van der Waals surface area contributed by atoms with E-state index in [1.807, 2.05) is 20.8 Å². The van der Waals surface area contributed by atoms with E-state index in [0.29, 0.717) is 13.0 Å². The molecule has 7 heteroatoms. The van der Waals surface area contributed by atoms with Gasteiger partial charge >= 0.3 is 0 Å². The van der Waals surface area contributed by atoms with Crippen molar-refractivity contribution in [1.29, 1.82) is 5.26 Å². The molecule has 1 aliphatic rings. The van der Waals surface area contributed by atoms with E-state index in [2.05, 4.69) is 15.7 Å². The lowest BCUT2D eigenvalue weighted by Crippen LogP contribution is -2.52. The van der Waals surface area contributed by atoms with Crippen LogP contribution in [0.1, 0.15) is 32.8 Å². The molecule has 1 aromatic carbocycles. The number of aryl methyl sites for hydroxylation is 1. The monoisotopic (exact) mass is 363 g/mol. The number of amides is 1. The number of piperidine rings is 1. The van der Waals surface area contributed by atoms with E-state index >= 15 is 0 Å². The molecular weight excluding hydrogens is 338 g/mol. The Bertz CT molecular complexity index is 783. The van der Waals surface area contributed by atoms with Gasteiger partial charge in [-0.25, -0.2) is 13.1 Å². The van der Waals surface area contributed by atoms with Gasteiger partial charge in [-0.05, 0) is 51.8 Å². The fourth-order valence-electron chi connectivity index (χ4n) is 3.39. The number of nitrogens with zero attached hydrogens (tertiary/aromatic N) is 2. The first-order chi connectivity index (χ1) is 11.7. The first kappa shape index (κ1) is 19.4. The number of carbonyl (C=O) groups excluding carboxylic acids is 1. The summed E-state index contributed by atoms with van der Waals surface area (Å²) in [6, 6.07) is 8.95. The summed E-state index contributed by atoms with van der Waals surface area (Å²) in [5.41, 5.74) is 0.795. The summed E-state index contributed by atoms with van der Waals surface area (Å²) in [7, 11) is -3.93. The van der Waals surface area contributed by atoms with Gasteiger partial charge in [-0.15, -0.1) is 0 Å². The molecule has 1 fully saturated rings. The molecule has 3 unspecified atom stereocenters. The average molecular weight is 363 g/mol. The summed E-state index contributed by atoms with van der Waals surface area (Å²) in [5, 5.41) is 9.44. The van der Waals surface area contributed by atoms with Crippen molar-refractivity contribution in [2.24, 2.45) is 11.8 Å². The van der Waals surface area contributed by atoms with Crippen molar-refractivity contribution in [3.8, 4) is 6.07 Å². The lowest BCUT2D eigenvalue weighted by molar-refractivity contribution is -0.127. The quantitative estimate of drug-likeness (QED) is 0.884. The Labute approximate surface area is 149 Å². The second-order valence-corrected chi connectivity index (χ2v) is 8.69. The predicted octanol–water partition coefficient (Wildman–Crippen LogP) is 2.06. The molecule has 0 radical (unpaired) electrons. The van der Waals surface area contributed by atoms with Gasteiger partial charge in [0.25, 0.3) is 10.0 Å². The van der Waals surface area contributed by atoms with Crippen LogP contribution < -0.4 is 4.72 Å². The van der Waals surface area contributed by atoms with Crippen LogP contribution in [0.3, 0.4) is 0 Å². The van der Waals surface area contributed by atoms with Crippen molar-refractivity contribution in [3.05, 3.63) is 29.8 Å². The number of nitriles is 1. The largest absolute Gasteiger partial charge is 0.297 e. The molecule has 0 bridgehead atoms. The number of hydrogen-bond acceptors (Lipinski definition) is 5. The van der Waals surface area contributed by atoms with E-state index in [-0.39, 0.29) is 17.0 Å². The summed E-state index contributed by atoms with van der Waals surface area (Å²) in [6.07, 6.45) is 0.464. The Morgan fingerprint density at radius 3 is 2.64 bits per heavy atom. The Morgan fingerprint density at radius 1 is 1.40 bits per heavy atom. The molecule has 6 nitrogen and oxygen atoms in total. The van der Waals surface area contributed by atoms with Crippen molar-refractivity contribution in [2.75, 3.05) is 6.54 Å². The van der Waals surface area contributed by atoms with Crippen LogP contribution in [0.2, 0.25) is 0 Å². The van der Waals surface area contributed by atoms with Gasteiger partial charge in [-0.3, -0.25) is 9.69 Å². The minimum atomic E-state index is -3.93. The zero-order valence-corrected chi connectivity index (χ0v) is 15.9. The fourth-order valence-corrected chi connectivity index (χ4v) is 4.52. The van der Waals surface area contributed by atoms with Gasteiger partial charge < -0.3 is 0 Å². The highest BCUT2D eigenvalue weighted by Gasteiger charge is 2.39. The van der Waals surface area contributed by atoms with E-state index in [0.717, 1.165) is 5.56 Å². The highest BCUT2D eigenvalue weighted by atomic mass is 32.2. The molecule has 136 valence electrons. The molecular formula is C18H25N3O3S. The summed E-state index contributed by atoms with van der Waals surface area (Å²) in [4.78, 5) is 14.8. The highest BCUT2D eigenvalue weighted by molar-refractivity contribution is 7.90. The maximum atomic E-state index is 12.6. The molecule has 0 spiro atoms. The fraction of sp³-hybridized carbons (Fsp3) is 0.556. The molecule has 1 aliphatic heterocycles. The predicted molar refractivity (Wildman–Crippen MR) is 95.0 cm³/mol. The molecule has 1 N–H and O–H groups in total. The summed E-state index contributed by atoms with van der Waals surface area (Å²) < 4.78 is 27.1. The lowest BCUT2D eigenvalue weighted by atomic mass is 9.82. The molecule has 1 amide bonds. The molecule has 1 aromatic rings. The zero-order chi connectivity index (χ0) is 18.8. The van der Waals surface area contributed by atoms with Crippen LogP contribution in [-0.4, -0.2) is 37.9 Å². The summed E-state index contributed by atoms with van der Waals surface area (Å²) >= 11 is 0. The third-order valence-corrected chi connectivity index (χ3v) is 6.10. The first-order valence-corrected chi connectivity index (χ1v) is 9.92. The van der Waals surface area contributed by atoms with Crippen LogP contribution in [0.15, 0.2) is 29.2 Å². The van der Waals surface area contributed by atoms with Gasteiger partial charge in [0.05, 0.1) is 22.8 Å². The maximum Gasteiger partial charge on any atom is 0.264 e. The minimum absolute atomic E-state index is 0.0574. The topological polar surface area (TPSA) is 90.3 Å². The van der Waals surface area contributed by atoms with Crippen molar-refractivity contribution in [2.45, 2.75) is 51.1 Å². The van der Waals surface area contributed by atoms with E-state index in [9.17, 15) is 18.5 Å². The van der Waals surface area contributed by atoms with Crippen LogP contribution >= 0.6 is 0 Å². The molecule has 0 aromatic heterocycles. The van der Waals surface area contributed by atoms with Gasteiger partial charge in [-0.1, -0.05) is 12.1 Å². The summed E-state index contributed by atoms with van der Waals surface area (Å²) in [5.74, 6) is -1.75. The van der Waals surface area contributed by atoms with E-state index in [1.54, 1.807) is 19.1 Å². The molecule has 3 atom stereocenters. The molecule has 0 saturated carbocycles. The highest BCUT2D eigenvalue weighted by Crippen LogP contribution is 2.29. The molecule has 25 heavy (non-hydrogen) atoms. The Balaban J connectivity index is 2.18. The van der Waals surface area contributed by atoms with E-state index in [1.165, 1.54) is 12.1 Å². The second-order valence-electron chi connectivity index (χ2n) is 7.00. The van der Waals surface area contributed by atoms with Crippen LogP contribution in [0.25, 0.3) is 0 Å². The lowest BCUT2D eigenvalue weighted by Gasteiger charge is -2.41. The van der Waals surface area contributed by atoms with Crippen molar-refractivity contribution < 1.29 is 13.2 Å². The normalized spacial score (nSPS) is 24.7. The van der Waals surface area contributed by atoms with Crippen molar-refractivity contribution >= 4 is 15.9 Å². The number of sulfonamides is 1. The maximum absolute atomic E-state index is 12.6. The van der Waals surface area contributed by atoms with Gasteiger partial charge in [0, 0.05) is 18.6 Å². The Hall–Kier alpha value is -1.91. The van der Waals surface area contributed by atoms with Gasteiger partial charge in [0.15, 0.2) is 0 Å². The molecule has 1 saturated heterocycles. The van der Waals surface area contributed by atoms with Crippen LogP contribution in [-0.2, 0) is 14.8 Å². The number of carbonyl (C=O) groups is 1. The summed E-state index contributed by atoms with van der Waals surface area (Å²) in [6.45, 7) is 8.36. The van der Waals surface area contributed by atoms with Crippen LogP contribution in [0.4, 0.5) is 0 Å². The smallest absolute Gasteiger partial charge is 0.264 e. The minimum Gasteiger partial charge on any atom is -0.297 e. The Kier molecular flexibility index (Phi) is 5.86. The average Bonchev–Trinajstić information content (AvgIpc) is 2.53. The molecule has 2 rings (SSSR count). The van der Waals surface area contributed by atoms with Crippen molar-refractivity contribution in [3.63, 3.8) is 0 Å².